The second kappa shape index (κ2) is 11.1. The molecular formula is C23H19ClF2N2O7S2. The fourth-order valence-corrected chi connectivity index (χ4v) is 6.19. The number of carbonyl (C=O) groups excluding carboxylic acids is 1. The molecule has 2 heterocycles. The summed E-state index contributed by atoms with van der Waals surface area (Å²) in [5.41, 5.74) is 0.207. The summed E-state index contributed by atoms with van der Waals surface area (Å²) in [5.74, 6) is -4.34. The van der Waals surface area contributed by atoms with E-state index < -0.39 is 56.9 Å². The van der Waals surface area contributed by atoms with E-state index in [-0.39, 0.29) is 32.2 Å². The van der Waals surface area contributed by atoms with Crippen molar-refractivity contribution in [1.82, 2.24) is 4.98 Å². The predicted octanol–water partition coefficient (Wildman–Crippen LogP) is 4.02. The highest BCUT2D eigenvalue weighted by molar-refractivity contribution is 7.92. The zero-order chi connectivity index (χ0) is 26.7. The molecule has 2 atom stereocenters. The van der Waals surface area contributed by atoms with Crippen LogP contribution in [0, 0.1) is 11.6 Å². The third-order valence-corrected chi connectivity index (χ3v) is 8.84. The van der Waals surface area contributed by atoms with E-state index in [1.165, 1.54) is 24.3 Å². The fraction of sp³-hybridized carbons (Fsp3) is 0.261. The first-order valence-electron chi connectivity index (χ1n) is 10.8. The second-order valence-corrected chi connectivity index (χ2v) is 11.8. The van der Waals surface area contributed by atoms with Crippen LogP contribution in [-0.2, 0) is 30.6 Å². The number of carboxylic acid groups (broad SMARTS) is 1. The third kappa shape index (κ3) is 6.24. The van der Waals surface area contributed by atoms with Gasteiger partial charge >= 0.3 is 5.97 Å². The highest BCUT2D eigenvalue weighted by Crippen LogP contribution is 2.32. The van der Waals surface area contributed by atoms with Crippen molar-refractivity contribution in [2.45, 2.75) is 29.1 Å². The molecule has 0 spiro atoms. The lowest BCUT2D eigenvalue weighted by Crippen LogP contribution is -2.26. The lowest BCUT2D eigenvalue weighted by Gasteiger charge is -2.19. The van der Waals surface area contributed by atoms with Crippen LogP contribution in [0.1, 0.15) is 23.8 Å². The van der Waals surface area contributed by atoms with Crippen LogP contribution in [0.5, 0.6) is 5.75 Å². The normalized spacial score (nSPS) is 16.4. The minimum atomic E-state index is -3.67. The van der Waals surface area contributed by atoms with Crippen LogP contribution in [0.15, 0.2) is 47.4 Å². The molecule has 1 aromatic heterocycles. The molecule has 3 aromatic rings. The van der Waals surface area contributed by atoms with E-state index in [0.717, 1.165) is 23.5 Å². The topological polar surface area (TPSA) is 132 Å². The molecule has 1 amide bonds. The minimum Gasteiger partial charge on any atom is -0.481 e. The molecule has 1 saturated heterocycles. The van der Waals surface area contributed by atoms with E-state index >= 15 is 0 Å². The molecule has 196 valence electrons. The first kappa shape index (κ1) is 26.9. The molecule has 0 aliphatic carbocycles. The maximum Gasteiger partial charge on any atom is 0.309 e. The van der Waals surface area contributed by atoms with E-state index in [9.17, 15) is 26.8 Å². The molecular weight excluding hydrogens is 554 g/mol. The summed E-state index contributed by atoms with van der Waals surface area (Å²) in [4.78, 5) is 28.2. The van der Waals surface area contributed by atoms with E-state index in [1.807, 2.05) is 0 Å². The highest BCUT2D eigenvalue weighted by atomic mass is 35.5. The van der Waals surface area contributed by atoms with Gasteiger partial charge in [0.25, 0.3) is 5.91 Å². The molecule has 0 saturated carbocycles. The van der Waals surface area contributed by atoms with Crippen molar-refractivity contribution < 1.29 is 41.4 Å². The van der Waals surface area contributed by atoms with Crippen LogP contribution in [0.3, 0.4) is 0 Å². The maximum atomic E-state index is 14.3. The quantitative estimate of drug-likeness (QED) is 0.393. The Kier molecular flexibility index (Phi) is 8.07. The Hall–Kier alpha value is -3.13. The van der Waals surface area contributed by atoms with Crippen molar-refractivity contribution >= 4 is 49.8 Å². The molecule has 1 aliphatic rings. The van der Waals surface area contributed by atoms with Crippen molar-refractivity contribution in [2.75, 3.05) is 18.5 Å². The van der Waals surface area contributed by atoms with Gasteiger partial charge in [0, 0.05) is 18.2 Å². The number of hydrogen-bond donors (Lipinski definition) is 2. The number of ether oxygens (including phenoxy) is 2. The SMILES string of the molecule is O=C(O)Cc1nc(NC(=O)C(Oc2ccc(F)cc2F)c2ccc(S(=O)(=O)C3CCOC3)cc2)sc1Cl. The van der Waals surface area contributed by atoms with Gasteiger partial charge in [0.1, 0.15) is 10.2 Å². The van der Waals surface area contributed by atoms with Crippen LogP contribution >= 0.6 is 22.9 Å². The zero-order valence-electron chi connectivity index (χ0n) is 18.8. The molecule has 37 heavy (non-hydrogen) atoms. The van der Waals surface area contributed by atoms with Gasteiger partial charge in [-0.05, 0) is 30.7 Å². The number of thiazole rings is 1. The average Bonchev–Trinajstić information content (AvgIpc) is 3.49. The highest BCUT2D eigenvalue weighted by Gasteiger charge is 2.32. The Morgan fingerprint density at radius 1 is 1.24 bits per heavy atom. The molecule has 4 rings (SSSR count). The number of carbonyl (C=O) groups is 2. The number of nitrogens with one attached hydrogen (secondary N) is 1. The van der Waals surface area contributed by atoms with E-state index in [2.05, 4.69) is 10.3 Å². The lowest BCUT2D eigenvalue weighted by atomic mass is 10.1. The standard InChI is InChI=1S/C23H19ClF2N2O7S2/c24-21-17(10-19(29)30)27-23(36-21)28-22(31)20(35-18-6-3-13(25)9-16(18)26)12-1-4-14(5-2-12)37(32,33)15-7-8-34-11-15/h1-6,9,15,20H,7-8,10-11H2,(H,29,30)(H,27,28,31). The molecule has 14 heteroatoms. The molecule has 0 radical (unpaired) electrons. The number of anilines is 1. The van der Waals surface area contributed by atoms with Crippen molar-refractivity contribution in [1.29, 1.82) is 0 Å². The lowest BCUT2D eigenvalue weighted by molar-refractivity contribution is -0.136. The third-order valence-electron chi connectivity index (χ3n) is 5.41. The smallest absolute Gasteiger partial charge is 0.309 e. The summed E-state index contributed by atoms with van der Waals surface area (Å²) in [7, 11) is -3.67. The monoisotopic (exact) mass is 572 g/mol. The number of amides is 1. The number of nitrogens with zero attached hydrogens (tertiary/aromatic N) is 1. The van der Waals surface area contributed by atoms with Crippen molar-refractivity contribution in [3.8, 4) is 5.75 Å². The summed E-state index contributed by atoms with van der Waals surface area (Å²) >= 11 is 6.82. The molecule has 9 nitrogen and oxygen atoms in total. The van der Waals surface area contributed by atoms with Gasteiger partial charge in [-0.25, -0.2) is 22.2 Å². The van der Waals surface area contributed by atoms with Crippen LogP contribution < -0.4 is 10.1 Å². The summed E-state index contributed by atoms with van der Waals surface area (Å²) < 4.78 is 64.2. The Labute approximate surface area is 218 Å². The van der Waals surface area contributed by atoms with E-state index in [4.69, 9.17) is 26.2 Å². The summed E-state index contributed by atoms with van der Waals surface area (Å²) in [5, 5.41) is 10.7. The van der Waals surface area contributed by atoms with Crippen LogP contribution in [-0.4, -0.2) is 48.8 Å². The zero-order valence-corrected chi connectivity index (χ0v) is 21.2. The summed E-state index contributed by atoms with van der Waals surface area (Å²) in [6.45, 7) is 0.429. The van der Waals surface area contributed by atoms with Crippen molar-refractivity contribution in [3.05, 3.63) is 69.7 Å². The van der Waals surface area contributed by atoms with Gasteiger partial charge in [0.15, 0.2) is 26.5 Å². The molecule has 2 aromatic carbocycles. The molecule has 2 unspecified atom stereocenters. The van der Waals surface area contributed by atoms with Gasteiger partial charge in [0.2, 0.25) is 6.10 Å². The molecule has 2 N–H and O–H groups in total. The van der Waals surface area contributed by atoms with E-state index in [0.29, 0.717) is 19.1 Å². The van der Waals surface area contributed by atoms with Crippen LogP contribution in [0.25, 0.3) is 0 Å². The van der Waals surface area contributed by atoms with Crippen molar-refractivity contribution in [3.63, 3.8) is 0 Å². The largest absolute Gasteiger partial charge is 0.481 e. The minimum absolute atomic E-state index is 0.0175. The van der Waals surface area contributed by atoms with Gasteiger partial charge in [-0.1, -0.05) is 35.1 Å². The van der Waals surface area contributed by atoms with Crippen LogP contribution in [0.4, 0.5) is 13.9 Å². The van der Waals surface area contributed by atoms with Crippen LogP contribution in [0.2, 0.25) is 4.34 Å². The Morgan fingerprint density at radius 3 is 2.59 bits per heavy atom. The predicted molar refractivity (Wildman–Crippen MR) is 130 cm³/mol. The Bertz CT molecular complexity index is 1430. The number of rotatable bonds is 9. The summed E-state index contributed by atoms with van der Waals surface area (Å²) in [6.07, 6.45) is -1.62. The van der Waals surface area contributed by atoms with E-state index in [1.54, 1.807) is 0 Å². The molecule has 1 fully saturated rings. The molecule has 0 bridgehead atoms. The first-order valence-corrected chi connectivity index (χ1v) is 13.5. The van der Waals surface area contributed by atoms with Gasteiger partial charge in [-0.3, -0.25) is 14.9 Å². The fourth-order valence-electron chi connectivity index (χ4n) is 3.56. The Balaban J connectivity index is 1.63. The van der Waals surface area contributed by atoms with Gasteiger partial charge in [0.05, 0.1) is 28.9 Å². The first-order chi connectivity index (χ1) is 17.5. The second-order valence-electron chi connectivity index (χ2n) is 7.97. The number of benzene rings is 2. The number of hydrogen-bond acceptors (Lipinski definition) is 8. The molecule has 1 aliphatic heterocycles. The Morgan fingerprint density at radius 2 is 1.97 bits per heavy atom. The average molecular weight is 573 g/mol. The number of halogens is 3. The van der Waals surface area contributed by atoms with Crippen molar-refractivity contribution in [2.24, 2.45) is 0 Å². The number of aromatic nitrogens is 1. The number of sulfone groups is 1. The van der Waals surface area contributed by atoms with Gasteiger partial charge in [-0.15, -0.1) is 0 Å². The van der Waals surface area contributed by atoms with Gasteiger partial charge in [-0.2, -0.15) is 0 Å². The van der Waals surface area contributed by atoms with Gasteiger partial charge < -0.3 is 14.6 Å². The summed E-state index contributed by atoms with van der Waals surface area (Å²) in [6, 6.07) is 7.85. The number of carboxylic acids is 1. The number of aliphatic carboxylic acids is 1. The maximum absolute atomic E-state index is 14.3.